The molecule has 5 heteroatoms. The molecule has 0 rings (SSSR count). The number of carbonyl (C=O) groups excluding carboxylic acids is 2. The Morgan fingerprint density at radius 2 is 1.86 bits per heavy atom. The van der Waals surface area contributed by atoms with Gasteiger partial charge in [0, 0.05) is 12.8 Å². The van der Waals surface area contributed by atoms with E-state index >= 15 is 0 Å². The molecule has 0 bridgehead atoms. The van der Waals surface area contributed by atoms with Crippen LogP contribution in [0.3, 0.4) is 0 Å². The number of ketones is 1. The molecule has 80 valence electrons. The van der Waals surface area contributed by atoms with Crippen LogP contribution < -0.4 is 5.32 Å². The fraction of sp³-hybridized carbons (Fsp3) is 0.667. The zero-order chi connectivity index (χ0) is 11.1. The molecule has 0 aromatic carbocycles. The van der Waals surface area contributed by atoms with Crippen LogP contribution in [0, 0.1) is 0 Å². The van der Waals surface area contributed by atoms with Gasteiger partial charge in [-0.15, -0.1) is 0 Å². The summed E-state index contributed by atoms with van der Waals surface area (Å²) in [6, 6.07) is -0.875. The van der Waals surface area contributed by atoms with Crippen LogP contribution in [-0.2, 0) is 14.4 Å². The number of Topliss-reactive ketones (excluding diaryl/α,β-unsaturated/α-hetero) is 1. The van der Waals surface area contributed by atoms with Crippen molar-refractivity contribution in [2.45, 2.75) is 39.2 Å². The monoisotopic (exact) mass is 201 g/mol. The van der Waals surface area contributed by atoms with Crippen LogP contribution in [0.2, 0.25) is 0 Å². The molecule has 0 spiro atoms. The topological polar surface area (TPSA) is 83.5 Å². The molecule has 14 heavy (non-hydrogen) atoms. The van der Waals surface area contributed by atoms with Crippen molar-refractivity contribution in [3.05, 3.63) is 0 Å². The lowest BCUT2D eigenvalue weighted by atomic mass is 10.2. The second kappa shape index (κ2) is 6.12. The summed E-state index contributed by atoms with van der Waals surface area (Å²) < 4.78 is 0. The molecule has 0 radical (unpaired) electrons. The Balaban J connectivity index is 3.65. The van der Waals surface area contributed by atoms with Crippen molar-refractivity contribution in [3.8, 4) is 0 Å². The summed E-state index contributed by atoms with van der Waals surface area (Å²) in [6.45, 7) is 2.85. The zero-order valence-electron chi connectivity index (χ0n) is 8.37. The lowest BCUT2D eigenvalue weighted by Gasteiger charge is -2.08. The molecule has 0 aliphatic heterocycles. The number of amides is 1. The van der Waals surface area contributed by atoms with Crippen molar-refractivity contribution >= 4 is 17.7 Å². The Labute approximate surface area is 82.5 Å². The van der Waals surface area contributed by atoms with Gasteiger partial charge in [-0.1, -0.05) is 0 Å². The van der Waals surface area contributed by atoms with Crippen molar-refractivity contribution in [1.82, 2.24) is 5.32 Å². The summed E-state index contributed by atoms with van der Waals surface area (Å²) in [5, 5.41) is 10.8. The van der Waals surface area contributed by atoms with Gasteiger partial charge in [0.15, 0.2) is 0 Å². The highest BCUT2D eigenvalue weighted by Crippen LogP contribution is 1.96. The summed E-state index contributed by atoms with van der Waals surface area (Å²) in [7, 11) is 0. The van der Waals surface area contributed by atoms with Gasteiger partial charge in [-0.25, -0.2) is 0 Å². The molecule has 0 aliphatic carbocycles. The minimum Gasteiger partial charge on any atom is -0.480 e. The van der Waals surface area contributed by atoms with E-state index in [1.807, 2.05) is 0 Å². The molecule has 0 fully saturated rings. The fourth-order valence-corrected chi connectivity index (χ4v) is 0.873. The maximum absolute atomic E-state index is 11.1. The Hall–Kier alpha value is -1.39. The number of aliphatic carboxylic acids is 1. The maximum Gasteiger partial charge on any atom is 0.325 e. The highest BCUT2D eigenvalue weighted by atomic mass is 16.4. The van der Waals surface area contributed by atoms with E-state index in [0.717, 1.165) is 0 Å². The van der Waals surface area contributed by atoms with E-state index in [4.69, 9.17) is 5.11 Å². The number of hydrogen-bond donors (Lipinski definition) is 2. The van der Waals surface area contributed by atoms with Gasteiger partial charge in [0.05, 0.1) is 0 Å². The van der Waals surface area contributed by atoms with Crippen LogP contribution in [0.5, 0.6) is 0 Å². The SMILES string of the molecule is CC(=O)CCCC(=O)N[C@@H](C)C(=O)O. The standard InChI is InChI=1S/C9H15NO4/c1-6(11)4-3-5-8(12)10-7(2)9(13)14/h7H,3-5H2,1-2H3,(H,10,12)(H,13,14)/t7-/m0/s1. The van der Waals surface area contributed by atoms with E-state index in [1.54, 1.807) is 0 Å². The number of hydrogen-bond acceptors (Lipinski definition) is 3. The normalized spacial score (nSPS) is 11.9. The van der Waals surface area contributed by atoms with Crippen LogP contribution in [0.1, 0.15) is 33.1 Å². The maximum atomic E-state index is 11.1. The summed E-state index contributed by atoms with van der Waals surface area (Å²) in [4.78, 5) is 31.9. The Bertz CT molecular complexity index is 237. The number of carboxylic acids is 1. The summed E-state index contributed by atoms with van der Waals surface area (Å²) in [6.07, 6.45) is 1.01. The minimum atomic E-state index is -1.06. The predicted octanol–water partition coefficient (Wildman–Crippen LogP) is 0.335. The first-order valence-corrected chi connectivity index (χ1v) is 4.45. The molecule has 0 aliphatic rings. The lowest BCUT2D eigenvalue weighted by molar-refractivity contribution is -0.141. The Morgan fingerprint density at radius 3 is 2.29 bits per heavy atom. The first-order valence-electron chi connectivity index (χ1n) is 4.45. The van der Waals surface area contributed by atoms with E-state index in [-0.39, 0.29) is 18.1 Å². The molecule has 0 saturated carbocycles. The molecule has 0 aromatic rings. The summed E-state index contributed by atoms with van der Waals surface area (Å²) >= 11 is 0. The molecular weight excluding hydrogens is 186 g/mol. The fourth-order valence-electron chi connectivity index (χ4n) is 0.873. The molecule has 0 saturated heterocycles. The van der Waals surface area contributed by atoms with Gasteiger partial charge in [0.25, 0.3) is 0 Å². The lowest BCUT2D eigenvalue weighted by Crippen LogP contribution is -2.38. The number of nitrogens with one attached hydrogen (secondary N) is 1. The Kier molecular flexibility index (Phi) is 5.52. The summed E-state index contributed by atoms with van der Waals surface area (Å²) in [5.74, 6) is -1.37. The second-order valence-corrected chi connectivity index (χ2v) is 3.18. The molecule has 0 aromatic heterocycles. The molecule has 2 N–H and O–H groups in total. The van der Waals surface area contributed by atoms with Gasteiger partial charge in [0.2, 0.25) is 5.91 Å². The van der Waals surface area contributed by atoms with Gasteiger partial charge in [-0.3, -0.25) is 9.59 Å². The first kappa shape index (κ1) is 12.6. The highest BCUT2D eigenvalue weighted by molar-refractivity contribution is 5.83. The third-order valence-corrected chi connectivity index (χ3v) is 1.68. The zero-order valence-corrected chi connectivity index (χ0v) is 8.37. The van der Waals surface area contributed by atoms with Gasteiger partial charge < -0.3 is 15.2 Å². The summed E-state index contributed by atoms with van der Waals surface area (Å²) in [5.41, 5.74) is 0. The van der Waals surface area contributed by atoms with Crippen molar-refractivity contribution in [1.29, 1.82) is 0 Å². The average Bonchev–Trinajstić information content (AvgIpc) is 2.02. The van der Waals surface area contributed by atoms with Crippen molar-refractivity contribution in [2.75, 3.05) is 0 Å². The van der Waals surface area contributed by atoms with E-state index in [2.05, 4.69) is 5.32 Å². The van der Waals surface area contributed by atoms with Crippen molar-refractivity contribution < 1.29 is 19.5 Å². The van der Waals surface area contributed by atoms with E-state index < -0.39 is 12.0 Å². The molecule has 1 amide bonds. The third kappa shape index (κ3) is 6.16. The van der Waals surface area contributed by atoms with Crippen LogP contribution in [-0.4, -0.2) is 28.8 Å². The number of carbonyl (C=O) groups is 3. The highest BCUT2D eigenvalue weighted by Gasteiger charge is 2.13. The first-order chi connectivity index (χ1) is 6.43. The second-order valence-electron chi connectivity index (χ2n) is 3.18. The molecular formula is C9H15NO4. The minimum absolute atomic E-state index is 0.0316. The van der Waals surface area contributed by atoms with Crippen LogP contribution in [0.25, 0.3) is 0 Å². The van der Waals surface area contributed by atoms with E-state index in [9.17, 15) is 14.4 Å². The average molecular weight is 201 g/mol. The predicted molar refractivity (Wildman–Crippen MR) is 49.8 cm³/mol. The quantitative estimate of drug-likeness (QED) is 0.648. The van der Waals surface area contributed by atoms with Crippen LogP contribution >= 0.6 is 0 Å². The van der Waals surface area contributed by atoms with Gasteiger partial charge in [-0.2, -0.15) is 0 Å². The van der Waals surface area contributed by atoms with Gasteiger partial charge in [-0.05, 0) is 20.3 Å². The number of rotatable bonds is 6. The van der Waals surface area contributed by atoms with Gasteiger partial charge >= 0.3 is 5.97 Å². The van der Waals surface area contributed by atoms with Crippen LogP contribution in [0.4, 0.5) is 0 Å². The molecule has 5 nitrogen and oxygen atoms in total. The van der Waals surface area contributed by atoms with Crippen molar-refractivity contribution in [3.63, 3.8) is 0 Å². The largest absolute Gasteiger partial charge is 0.480 e. The van der Waals surface area contributed by atoms with Crippen LogP contribution in [0.15, 0.2) is 0 Å². The molecule has 0 unspecified atom stereocenters. The number of carboxylic acid groups (broad SMARTS) is 1. The Morgan fingerprint density at radius 1 is 1.29 bits per heavy atom. The van der Waals surface area contributed by atoms with E-state index in [1.165, 1.54) is 13.8 Å². The van der Waals surface area contributed by atoms with Gasteiger partial charge in [0.1, 0.15) is 11.8 Å². The van der Waals surface area contributed by atoms with Crippen molar-refractivity contribution in [2.24, 2.45) is 0 Å². The molecule has 0 heterocycles. The smallest absolute Gasteiger partial charge is 0.325 e. The third-order valence-electron chi connectivity index (χ3n) is 1.68. The molecule has 1 atom stereocenters. The van der Waals surface area contributed by atoms with E-state index in [0.29, 0.717) is 12.8 Å².